The zero-order valence-corrected chi connectivity index (χ0v) is 7.46. The van der Waals surface area contributed by atoms with Crippen LogP contribution in [0.3, 0.4) is 0 Å². The van der Waals surface area contributed by atoms with Crippen LogP contribution in [0.1, 0.15) is 13.3 Å². The lowest BCUT2D eigenvalue weighted by molar-refractivity contribution is -0.122. The van der Waals surface area contributed by atoms with Crippen LogP contribution < -0.4 is 5.32 Å². The molecule has 0 aliphatic rings. The van der Waals surface area contributed by atoms with E-state index < -0.39 is 0 Å². The molecule has 12 heavy (non-hydrogen) atoms. The molecule has 0 fully saturated rings. The van der Waals surface area contributed by atoms with Gasteiger partial charge in [0, 0.05) is 20.1 Å². The summed E-state index contributed by atoms with van der Waals surface area (Å²) in [5.41, 5.74) is 0. The zero-order valence-electron chi connectivity index (χ0n) is 7.46. The second kappa shape index (κ2) is 6.62. The van der Waals surface area contributed by atoms with Gasteiger partial charge < -0.3 is 10.1 Å². The minimum Gasteiger partial charge on any atom is -0.384 e. The molecule has 0 spiro atoms. The summed E-state index contributed by atoms with van der Waals surface area (Å²) in [4.78, 5) is 10.9. The summed E-state index contributed by atoms with van der Waals surface area (Å²) < 4.78 is 4.72. The molecule has 0 heterocycles. The highest BCUT2D eigenvalue weighted by molar-refractivity contribution is 5.75. The first-order chi connectivity index (χ1) is 5.70. The maximum absolute atomic E-state index is 10.9. The van der Waals surface area contributed by atoms with E-state index in [9.17, 15) is 4.79 Å². The van der Waals surface area contributed by atoms with E-state index in [-0.39, 0.29) is 11.8 Å². The number of nitriles is 1. The lowest BCUT2D eigenvalue weighted by atomic mass is 10.2. The third-order valence-corrected chi connectivity index (χ3v) is 1.36. The van der Waals surface area contributed by atoms with Crippen molar-refractivity contribution in [1.82, 2.24) is 5.32 Å². The number of carbonyl (C=O) groups excluding carboxylic acids is 1. The van der Waals surface area contributed by atoms with E-state index in [0.717, 1.165) is 0 Å². The molecule has 0 aliphatic heterocycles. The molecule has 0 aromatic carbocycles. The third kappa shape index (κ3) is 5.69. The van der Waals surface area contributed by atoms with E-state index in [1.54, 1.807) is 14.0 Å². The van der Waals surface area contributed by atoms with Gasteiger partial charge in [0.15, 0.2) is 0 Å². The summed E-state index contributed by atoms with van der Waals surface area (Å²) >= 11 is 0. The van der Waals surface area contributed by atoms with E-state index in [2.05, 4.69) is 5.32 Å². The Balaban J connectivity index is 3.39. The Morgan fingerprint density at radius 2 is 2.42 bits per heavy atom. The molecule has 0 radical (unpaired) electrons. The predicted octanol–water partition coefficient (Wildman–Crippen LogP) is 0.299. The Hall–Kier alpha value is -1.08. The van der Waals surface area contributed by atoms with Crippen molar-refractivity contribution in [2.45, 2.75) is 13.3 Å². The van der Waals surface area contributed by atoms with E-state index >= 15 is 0 Å². The lowest BCUT2D eigenvalue weighted by Gasteiger charge is -2.04. The van der Waals surface area contributed by atoms with Crippen LogP contribution in [0.25, 0.3) is 0 Å². The summed E-state index contributed by atoms with van der Waals surface area (Å²) in [6.45, 7) is 2.60. The maximum atomic E-state index is 10.9. The van der Waals surface area contributed by atoms with Gasteiger partial charge >= 0.3 is 0 Å². The lowest BCUT2D eigenvalue weighted by Crippen LogP contribution is -2.28. The molecule has 0 rings (SSSR count). The average molecular weight is 170 g/mol. The van der Waals surface area contributed by atoms with Crippen molar-refractivity contribution in [2.75, 3.05) is 20.3 Å². The molecule has 0 aromatic heterocycles. The van der Waals surface area contributed by atoms with Gasteiger partial charge in [-0.15, -0.1) is 0 Å². The Morgan fingerprint density at radius 3 is 2.92 bits per heavy atom. The molecule has 0 saturated heterocycles. The van der Waals surface area contributed by atoms with Crippen LogP contribution in [-0.2, 0) is 9.53 Å². The third-order valence-electron chi connectivity index (χ3n) is 1.36. The molecule has 1 unspecified atom stereocenters. The van der Waals surface area contributed by atoms with Crippen molar-refractivity contribution >= 4 is 5.91 Å². The highest BCUT2D eigenvalue weighted by atomic mass is 16.5. The standard InChI is InChI=1S/C8H14N2O2/c1-7(5-9)6-10-8(11)3-4-12-2/h7H,3-4,6H2,1-2H3,(H,10,11). The number of carbonyl (C=O) groups is 1. The molecule has 68 valence electrons. The molecule has 0 bridgehead atoms. The van der Waals surface area contributed by atoms with Crippen molar-refractivity contribution in [2.24, 2.45) is 5.92 Å². The van der Waals surface area contributed by atoms with Crippen LogP contribution >= 0.6 is 0 Å². The number of rotatable bonds is 5. The van der Waals surface area contributed by atoms with Gasteiger partial charge in [-0.1, -0.05) is 0 Å². The molecular weight excluding hydrogens is 156 g/mol. The van der Waals surface area contributed by atoms with Gasteiger partial charge in [-0.25, -0.2) is 0 Å². The zero-order chi connectivity index (χ0) is 9.40. The monoisotopic (exact) mass is 170 g/mol. The number of hydrogen-bond donors (Lipinski definition) is 1. The topological polar surface area (TPSA) is 62.1 Å². The fourth-order valence-corrected chi connectivity index (χ4v) is 0.596. The average Bonchev–Trinajstić information content (AvgIpc) is 2.10. The normalized spacial score (nSPS) is 11.8. The van der Waals surface area contributed by atoms with Crippen molar-refractivity contribution in [3.63, 3.8) is 0 Å². The van der Waals surface area contributed by atoms with E-state index in [4.69, 9.17) is 10.00 Å². The summed E-state index contributed by atoms with van der Waals surface area (Å²) in [5.74, 6) is -0.199. The number of ether oxygens (including phenoxy) is 1. The maximum Gasteiger partial charge on any atom is 0.222 e. The van der Waals surface area contributed by atoms with E-state index in [1.807, 2.05) is 6.07 Å². The Bertz CT molecular complexity index is 174. The van der Waals surface area contributed by atoms with Gasteiger partial charge in [0.05, 0.1) is 18.6 Å². The Kier molecular flexibility index (Phi) is 6.02. The van der Waals surface area contributed by atoms with Crippen LogP contribution in [0.15, 0.2) is 0 Å². The molecule has 4 nitrogen and oxygen atoms in total. The fraction of sp³-hybridized carbons (Fsp3) is 0.750. The van der Waals surface area contributed by atoms with E-state index in [1.165, 1.54) is 0 Å². The quantitative estimate of drug-likeness (QED) is 0.645. The minimum atomic E-state index is -0.128. The molecule has 0 saturated carbocycles. The van der Waals surface area contributed by atoms with Crippen LogP contribution in [0.4, 0.5) is 0 Å². The Labute approximate surface area is 72.5 Å². The summed E-state index contributed by atoms with van der Waals surface area (Å²) in [6, 6.07) is 2.03. The highest BCUT2D eigenvalue weighted by Gasteiger charge is 2.03. The molecule has 0 aromatic rings. The first-order valence-electron chi connectivity index (χ1n) is 3.86. The van der Waals surface area contributed by atoms with Crippen molar-refractivity contribution < 1.29 is 9.53 Å². The first-order valence-corrected chi connectivity index (χ1v) is 3.86. The van der Waals surface area contributed by atoms with Gasteiger partial charge in [-0.05, 0) is 6.92 Å². The second-order valence-corrected chi connectivity index (χ2v) is 2.58. The van der Waals surface area contributed by atoms with Gasteiger partial charge in [0.25, 0.3) is 0 Å². The summed E-state index contributed by atoms with van der Waals surface area (Å²) in [5, 5.41) is 11.0. The molecule has 1 N–H and O–H groups in total. The molecule has 4 heteroatoms. The molecule has 1 atom stereocenters. The first kappa shape index (κ1) is 10.9. The number of nitrogens with one attached hydrogen (secondary N) is 1. The fourth-order valence-electron chi connectivity index (χ4n) is 0.596. The number of nitrogens with zero attached hydrogens (tertiary/aromatic N) is 1. The molecular formula is C8H14N2O2. The van der Waals surface area contributed by atoms with Crippen molar-refractivity contribution in [3.05, 3.63) is 0 Å². The SMILES string of the molecule is COCCC(=O)NCC(C)C#N. The van der Waals surface area contributed by atoms with Crippen LogP contribution in [-0.4, -0.2) is 26.2 Å². The van der Waals surface area contributed by atoms with Crippen LogP contribution in [0.5, 0.6) is 0 Å². The van der Waals surface area contributed by atoms with Crippen molar-refractivity contribution in [1.29, 1.82) is 5.26 Å². The smallest absolute Gasteiger partial charge is 0.222 e. The van der Waals surface area contributed by atoms with E-state index in [0.29, 0.717) is 19.6 Å². The largest absolute Gasteiger partial charge is 0.384 e. The summed E-state index contributed by atoms with van der Waals surface area (Å²) in [6.07, 6.45) is 0.356. The predicted molar refractivity (Wildman–Crippen MR) is 44.3 cm³/mol. The van der Waals surface area contributed by atoms with Crippen LogP contribution in [0.2, 0.25) is 0 Å². The second-order valence-electron chi connectivity index (χ2n) is 2.58. The minimum absolute atomic E-state index is 0.0704. The number of methoxy groups -OCH3 is 1. The van der Waals surface area contributed by atoms with Gasteiger partial charge in [0.1, 0.15) is 0 Å². The number of amides is 1. The number of hydrogen-bond acceptors (Lipinski definition) is 3. The van der Waals surface area contributed by atoms with Crippen molar-refractivity contribution in [3.8, 4) is 6.07 Å². The Morgan fingerprint density at radius 1 is 1.75 bits per heavy atom. The van der Waals surface area contributed by atoms with Gasteiger partial charge in [0.2, 0.25) is 5.91 Å². The molecule has 1 amide bonds. The molecule has 0 aliphatic carbocycles. The van der Waals surface area contributed by atoms with Gasteiger partial charge in [-0.2, -0.15) is 5.26 Å². The van der Waals surface area contributed by atoms with Gasteiger partial charge in [-0.3, -0.25) is 4.79 Å². The van der Waals surface area contributed by atoms with Crippen LogP contribution in [0, 0.1) is 17.2 Å². The highest BCUT2D eigenvalue weighted by Crippen LogP contribution is 1.88. The summed E-state index contributed by atoms with van der Waals surface area (Å²) in [7, 11) is 1.55.